The van der Waals surface area contributed by atoms with E-state index in [1.165, 1.54) is 11.1 Å². The zero-order chi connectivity index (χ0) is 18.3. The van der Waals surface area contributed by atoms with Gasteiger partial charge in [-0.1, -0.05) is 24.6 Å². The Labute approximate surface area is 155 Å². The van der Waals surface area contributed by atoms with Crippen molar-refractivity contribution in [3.05, 3.63) is 34.9 Å². The molecule has 0 amide bonds. The topological polar surface area (TPSA) is 54.4 Å². The number of aliphatic hydroxyl groups is 1. The second-order valence-corrected chi connectivity index (χ2v) is 9.45. The Hall–Kier alpha value is -1.48. The Balaban J connectivity index is 1.62. The van der Waals surface area contributed by atoms with Crippen molar-refractivity contribution in [3.63, 3.8) is 0 Å². The van der Waals surface area contributed by atoms with Crippen molar-refractivity contribution >= 4 is 11.6 Å². The molecule has 1 N–H and O–H groups in total. The average molecular weight is 352 g/mol. The van der Waals surface area contributed by atoms with Gasteiger partial charge in [0, 0.05) is 11.8 Å². The summed E-state index contributed by atoms with van der Waals surface area (Å²) >= 11 is 0. The molecule has 5 rings (SSSR count). The number of rotatable bonds is 2. The van der Waals surface area contributed by atoms with Crippen molar-refractivity contribution in [2.45, 2.75) is 71.3 Å². The van der Waals surface area contributed by atoms with Crippen LogP contribution in [-0.2, 0) is 9.59 Å². The second-order valence-electron chi connectivity index (χ2n) is 9.45. The van der Waals surface area contributed by atoms with Gasteiger partial charge in [0.2, 0.25) is 0 Å². The molecule has 138 valence electrons. The van der Waals surface area contributed by atoms with Gasteiger partial charge in [0.25, 0.3) is 0 Å². The minimum atomic E-state index is -0.893. The van der Waals surface area contributed by atoms with Gasteiger partial charge in [-0.2, -0.15) is 0 Å². The van der Waals surface area contributed by atoms with E-state index in [9.17, 15) is 14.7 Å². The van der Waals surface area contributed by atoms with Crippen LogP contribution in [-0.4, -0.2) is 22.8 Å². The predicted octanol–water partition coefficient (Wildman–Crippen LogP) is 4.07. The van der Waals surface area contributed by atoms with E-state index in [1.54, 1.807) is 12.5 Å². The van der Waals surface area contributed by atoms with Crippen LogP contribution in [0.2, 0.25) is 0 Å². The van der Waals surface area contributed by atoms with E-state index in [0.717, 1.165) is 44.9 Å². The normalized spacial score (nSPS) is 44.3. The lowest BCUT2D eigenvalue weighted by atomic mass is 9.47. The standard InChI is InChI=1S/C23H28O3/c1-14(24)20(26)23-11-9-22(10-12-23)19-6-3-15-13-16(25)4-5-17(15)18(19)7-8-21(22,23)2/h9,11,13-14,19,24H,3-8,10,12H2,1-2H3/t14?,19?,21-,22-,23-/m0/s1. The molecule has 3 nitrogen and oxygen atoms in total. The highest BCUT2D eigenvalue weighted by atomic mass is 16.3. The quantitative estimate of drug-likeness (QED) is 0.762. The monoisotopic (exact) mass is 352 g/mol. The third kappa shape index (κ3) is 1.69. The first-order valence-corrected chi connectivity index (χ1v) is 10.2. The Kier molecular flexibility index (Phi) is 3.25. The molecule has 3 heteroatoms. The summed E-state index contributed by atoms with van der Waals surface area (Å²) in [6.07, 6.45) is 13.2. The van der Waals surface area contributed by atoms with Crippen LogP contribution in [0.25, 0.3) is 0 Å². The van der Waals surface area contributed by atoms with E-state index in [2.05, 4.69) is 19.1 Å². The summed E-state index contributed by atoms with van der Waals surface area (Å²) in [5.74, 6) is 0.806. The first-order chi connectivity index (χ1) is 12.3. The number of hydrogen-bond donors (Lipinski definition) is 1. The van der Waals surface area contributed by atoms with E-state index in [-0.39, 0.29) is 22.4 Å². The maximum Gasteiger partial charge on any atom is 0.171 e. The summed E-state index contributed by atoms with van der Waals surface area (Å²) in [5, 5.41) is 10.1. The SMILES string of the molecule is CC(O)C(=O)[C@]12C=C[C@]3(CC1)C1CCC4=CC(=O)CCC4=C1CC[C@]23C. The van der Waals surface area contributed by atoms with Crippen molar-refractivity contribution in [1.29, 1.82) is 0 Å². The van der Waals surface area contributed by atoms with Crippen LogP contribution in [0.4, 0.5) is 0 Å². The molecule has 0 saturated heterocycles. The number of fused-ring (bicyclic) bond motifs is 2. The van der Waals surface area contributed by atoms with Crippen LogP contribution in [0, 0.1) is 22.2 Å². The fourth-order valence-electron chi connectivity index (χ4n) is 7.49. The number of Topliss-reactive ketones (excluding diaryl/α,β-unsaturated/α-hetero) is 1. The molecule has 5 atom stereocenters. The molecule has 26 heavy (non-hydrogen) atoms. The second kappa shape index (κ2) is 5.07. The summed E-state index contributed by atoms with van der Waals surface area (Å²) in [5.41, 5.74) is 3.85. The minimum Gasteiger partial charge on any atom is -0.386 e. The summed E-state index contributed by atoms with van der Waals surface area (Å²) in [4.78, 5) is 24.9. The Bertz CT molecular complexity index is 813. The molecule has 0 radical (unpaired) electrons. The molecule has 2 unspecified atom stereocenters. The molecule has 5 aliphatic rings. The largest absolute Gasteiger partial charge is 0.386 e. The van der Waals surface area contributed by atoms with E-state index in [0.29, 0.717) is 12.3 Å². The molecule has 0 aromatic carbocycles. The smallest absolute Gasteiger partial charge is 0.171 e. The molecule has 2 saturated carbocycles. The summed E-state index contributed by atoms with van der Waals surface area (Å²) < 4.78 is 0. The van der Waals surface area contributed by atoms with Gasteiger partial charge in [-0.25, -0.2) is 0 Å². The minimum absolute atomic E-state index is 0.0198. The molecule has 5 aliphatic carbocycles. The van der Waals surface area contributed by atoms with Crippen molar-refractivity contribution in [1.82, 2.24) is 0 Å². The summed E-state index contributed by atoms with van der Waals surface area (Å²) in [6.45, 7) is 3.94. The van der Waals surface area contributed by atoms with Gasteiger partial charge in [0.05, 0.1) is 5.41 Å². The number of aliphatic hydroxyl groups excluding tert-OH is 1. The number of allylic oxidation sites excluding steroid dienone is 6. The average Bonchev–Trinajstić information content (AvgIpc) is 3.05. The van der Waals surface area contributed by atoms with Crippen LogP contribution < -0.4 is 0 Å². The maximum absolute atomic E-state index is 13.0. The van der Waals surface area contributed by atoms with E-state index >= 15 is 0 Å². The van der Waals surface area contributed by atoms with Gasteiger partial charge in [0.1, 0.15) is 6.10 Å². The van der Waals surface area contributed by atoms with Crippen molar-refractivity contribution in [3.8, 4) is 0 Å². The third-order valence-corrected chi connectivity index (χ3v) is 8.80. The van der Waals surface area contributed by atoms with Gasteiger partial charge in [0.15, 0.2) is 11.6 Å². The van der Waals surface area contributed by atoms with Crippen molar-refractivity contribution < 1.29 is 14.7 Å². The zero-order valence-electron chi connectivity index (χ0n) is 15.8. The Morgan fingerprint density at radius 2 is 1.96 bits per heavy atom. The molecular formula is C23H28O3. The van der Waals surface area contributed by atoms with Gasteiger partial charge < -0.3 is 5.11 Å². The van der Waals surface area contributed by atoms with Crippen LogP contribution in [0.15, 0.2) is 34.9 Å². The maximum atomic E-state index is 13.0. The molecule has 2 bridgehead atoms. The molecule has 0 aromatic rings. The van der Waals surface area contributed by atoms with E-state index in [1.807, 2.05) is 6.08 Å². The zero-order valence-corrected chi connectivity index (χ0v) is 15.8. The van der Waals surface area contributed by atoms with Crippen LogP contribution in [0.5, 0.6) is 0 Å². The summed E-state index contributed by atoms with van der Waals surface area (Å²) in [6, 6.07) is 0. The first kappa shape index (κ1) is 16.7. The summed E-state index contributed by atoms with van der Waals surface area (Å²) in [7, 11) is 0. The highest BCUT2D eigenvalue weighted by Crippen LogP contribution is 2.77. The lowest BCUT2D eigenvalue weighted by Crippen LogP contribution is -2.52. The van der Waals surface area contributed by atoms with Gasteiger partial charge in [-0.15, -0.1) is 0 Å². The number of carbonyl (C=O) groups is 2. The van der Waals surface area contributed by atoms with Crippen molar-refractivity contribution in [2.75, 3.05) is 0 Å². The van der Waals surface area contributed by atoms with Crippen LogP contribution >= 0.6 is 0 Å². The van der Waals surface area contributed by atoms with Crippen molar-refractivity contribution in [2.24, 2.45) is 22.2 Å². The number of ketones is 2. The molecule has 2 fully saturated rings. The number of carbonyl (C=O) groups excluding carboxylic acids is 2. The number of hydrogen-bond acceptors (Lipinski definition) is 3. The molecule has 0 aliphatic heterocycles. The fraction of sp³-hybridized carbons (Fsp3) is 0.652. The molecular weight excluding hydrogens is 324 g/mol. The van der Waals surface area contributed by atoms with Gasteiger partial charge in [-0.3, -0.25) is 9.59 Å². The predicted molar refractivity (Wildman–Crippen MR) is 99.3 cm³/mol. The molecule has 0 aromatic heterocycles. The van der Waals surface area contributed by atoms with Gasteiger partial charge >= 0.3 is 0 Å². The van der Waals surface area contributed by atoms with E-state index in [4.69, 9.17) is 0 Å². The van der Waals surface area contributed by atoms with E-state index < -0.39 is 11.5 Å². The molecule has 0 spiro atoms. The fourth-order valence-corrected chi connectivity index (χ4v) is 7.49. The Morgan fingerprint density at radius 3 is 2.65 bits per heavy atom. The van der Waals surface area contributed by atoms with Gasteiger partial charge in [-0.05, 0) is 80.4 Å². The Morgan fingerprint density at radius 1 is 1.15 bits per heavy atom. The highest BCUT2D eigenvalue weighted by Gasteiger charge is 2.72. The third-order valence-electron chi connectivity index (χ3n) is 8.80. The lowest BCUT2D eigenvalue weighted by molar-refractivity contribution is -0.141. The highest BCUT2D eigenvalue weighted by molar-refractivity contribution is 5.94. The first-order valence-electron chi connectivity index (χ1n) is 10.2. The van der Waals surface area contributed by atoms with Crippen LogP contribution in [0.3, 0.4) is 0 Å². The lowest BCUT2D eigenvalue weighted by Gasteiger charge is -2.55. The molecule has 0 heterocycles. The van der Waals surface area contributed by atoms with Crippen LogP contribution in [0.1, 0.15) is 65.2 Å².